The van der Waals surface area contributed by atoms with Gasteiger partial charge in [0.25, 0.3) is 0 Å². The number of hydrogen-bond acceptors (Lipinski definition) is 5. The molecule has 0 saturated heterocycles. The normalized spacial score (nSPS) is 15.7. The predicted molar refractivity (Wildman–Crippen MR) is 131 cm³/mol. The van der Waals surface area contributed by atoms with E-state index < -0.39 is 28.3 Å². The first-order chi connectivity index (χ1) is 17.5. The van der Waals surface area contributed by atoms with Gasteiger partial charge in [0.2, 0.25) is 5.91 Å². The number of hydrogen-bond donors (Lipinski definition) is 0. The van der Waals surface area contributed by atoms with Gasteiger partial charge < -0.3 is 14.2 Å². The lowest BCUT2D eigenvalue weighted by molar-refractivity contribution is -0.130. The van der Waals surface area contributed by atoms with E-state index in [1.807, 2.05) is 4.57 Å². The number of imidazole rings is 1. The monoisotopic (exact) mass is 529 g/mol. The van der Waals surface area contributed by atoms with Gasteiger partial charge in [0.05, 0.1) is 28.5 Å². The van der Waals surface area contributed by atoms with Crippen molar-refractivity contribution in [3.8, 4) is 16.9 Å². The van der Waals surface area contributed by atoms with Crippen molar-refractivity contribution in [1.82, 2.24) is 14.5 Å². The number of fused-ring (bicyclic) bond motifs is 3. The van der Waals surface area contributed by atoms with Crippen LogP contribution in [0.15, 0.2) is 65.6 Å². The summed E-state index contributed by atoms with van der Waals surface area (Å²) in [5.41, 5.74) is 1.99. The topological polar surface area (TPSA) is 81.5 Å². The van der Waals surface area contributed by atoms with Gasteiger partial charge >= 0.3 is 6.61 Å². The van der Waals surface area contributed by atoms with Gasteiger partial charge in [-0.15, -0.1) is 0 Å². The Hall–Kier alpha value is -3.86. The molecule has 7 nitrogen and oxygen atoms in total. The Morgan fingerprint density at radius 2 is 1.81 bits per heavy atom. The molecule has 4 aromatic rings. The van der Waals surface area contributed by atoms with Crippen molar-refractivity contribution in [2.45, 2.75) is 31.0 Å². The van der Waals surface area contributed by atoms with Crippen molar-refractivity contribution < 1.29 is 31.1 Å². The highest BCUT2D eigenvalue weighted by Crippen LogP contribution is 2.38. The number of nitrogens with zero attached hydrogens (tertiary/aromatic N) is 3. The molecule has 0 N–H and O–H groups in total. The zero-order chi connectivity index (χ0) is 26.5. The van der Waals surface area contributed by atoms with E-state index >= 15 is 4.39 Å². The first-order valence-corrected chi connectivity index (χ1v) is 13.2. The molecule has 3 aromatic carbocycles. The van der Waals surface area contributed by atoms with Crippen molar-refractivity contribution in [2.75, 3.05) is 12.8 Å². The maximum atomic E-state index is 15.2. The van der Waals surface area contributed by atoms with E-state index in [1.54, 1.807) is 29.2 Å². The first-order valence-electron chi connectivity index (χ1n) is 11.3. The summed E-state index contributed by atoms with van der Waals surface area (Å²) in [4.78, 5) is 18.5. The summed E-state index contributed by atoms with van der Waals surface area (Å²) in [5, 5.41) is 0. The smallest absolute Gasteiger partial charge is 0.387 e. The van der Waals surface area contributed by atoms with E-state index in [-0.39, 0.29) is 35.2 Å². The Morgan fingerprint density at radius 1 is 1.11 bits per heavy atom. The number of rotatable bonds is 5. The lowest BCUT2D eigenvalue weighted by Crippen LogP contribution is -2.40. The van der Waals surface area contributed by atoms with E-state index in [0.29, 0.717) is 28.0 Å². The van der Waals surface area contributed by atoms with Crippen molar-refractivity contribution in [3.05, 3.63) is 77.9 Å². The molecular formula is C26H22F3N3O4S. The van der Waals surface area contributed by atoms with Crippen LogP contribution in [0.1, 0.15) is 24.4 Å². The molecule has 1 amide bonds. The number of ether oxygens (including phenoxy) is 1. The molecule has 192 valence electrons. The highest BCUT2D eigenvalue weighted by atomic mass is 32.2. The summed E-state index contributed by atoms with van der Waals surface area (Å²) in [6, 6.07) is 14.5. The van der Waals surface area contributed by atoms with Crippen LogP contribution in [0.3, 0.4) is 0 Å². The van der Waals surface area contributed by atoms with E-state index in [4.69, 9.17) is 4.74 Å². The van der Waals surface area contributed by atoms with Gasteiger partial charge in [-0.1, -0.05) is 30.3 Å². The second-order valence-corrected chi connectivity index (χ2v) is 10.9. The third-order valence-corrected chi connectivity index (χ3v) is 7.55. The van der Waals surface area contributed by atoms with E-state index in [1.165, 1.54) is 43.3 Å². The molecule has 11 heteroatoms. The molecule has 0 aliphatic carbocycles. The molecular weight excluding hydrogens is 507 g/mol. The quantitative estimate of drug-likeness (QED) is 0.371. The third kappa shape index (κ3) is 4.66. The van der Waals surface area contributed by atoms with Crippen LogP contribution >= 0.6 is 0 Å². The number of sulfone groups is 1. The molecule has 0 radical (unpaired) electrons. The fourth-order valence-corrected chi connectivity index (χ4v) is 5.32. The highest BCUT2D eigenvalue weighted by molar-refractivity contribution is 7.90. The lowest BCUT2D eigenvalue weighted by atomic mass is 10.0. The third-order valence-electron chi connectivity index (χ3n) is 6.42. The van der Waals surface area contributed by atoms with Crippen LogP contribution in [0.2, 0.25) is 0 Å². The van der Waals surface area contributed by atoms with Crippen molar-refractivity contribution in [1.29, 1.82) is 0 Å². The number of amides is 1. The van der Waals surface area contributed by atoms with Crippen molar-refractivity contribution in [3.63, 3.8) is 0 Å². The van der Waals surface area contributed by atoms with Gasteiger partial charge in [0.15, 0.2) is 9.84 Å². The number of halogens is 3. The van der Waals surface area contributed by atoms with Crippen LogP contribution < -0.4 is 4.74 Å². The summed E-state index contributed by atoms with van der Waals surface area (Å²) >= 11 is 0. The number of carbonyl (C=O) groups is 1. The van der Waals surface area contributed by atoms with Crippen LogP contribution in [-0.2, 0) is 21.2 Å². The summed E-state index contributed by atoms with van der Waals surface area (Å²) in [5.74, 6) is -0.332. The zero-order valence-electron chi connectivity index (χ0n) is 19.9. The second kappa shape index (κ2) is 9.22. The minimum atomic E-state index is -3.42. The van der Waals surface area contributed by atoms with Crippen molar-refractivity contribution >= 4 is 26.8 Å². The molecule has 37 heavy (non-hydrogen) atoms. The fourth-order valence-electron chi connectivity index (χ4n) is 4.69. The standard InChI is InChI=1S/C26H22F3N3O4S/c1-15(33)31-13-23(18-5-3-4-6-24(18)36-26(28)29)32-22-11-19(20(27)12-21(22)30-25(32)14-31)16-7-9-17(10-8-16)37(2,34)35/h3-12,23,26H,13-14H2,1-2H3. The molecule has 5 rings (SSSR count). The van der Waals surface area contributed by atoms with Crippen LogP contribution in [0.5, 0.6) is 5.75 Å². The fraction of sp³-hybridized carbons (Fsp3) is 0.231. The van der Waals surface area contributed by atoms with E-state index in [2.05, 4.69) is 4.98 Å². The van der Waals surface area contributed by atoms with Gasteiger partial charge in [0, 0.05) is 36.9 Å². The summed E-state index contributed by atoms with van der Waals surface area (Å²) in [6.07, 6.45) is 1.09. The second-order valence-electron chi connectivity index (χ2n) is 8.85. The Morgan fingerprint density at radius 3 is 2.46 bits per heavy atom. The Balaban J connectivity index is 1.69. The Kier molecular flexibility index (Phi) is 6.18. The maximum absolute atomic E-state index is 15.2. The summed E-state index contributed by atoms with van der Waals surface area (Å²) in [6.45, 7) is -1.29. The van der Waals surface area contributed by atoms with E-state index in [0.717, 1.165) is 6.26 Å². The van der Waals surface area contributed by atoms with Crippen LogP contribution in [-0.4, -0.2) is 48.2 Å². The van der Waals surface area contributed by atoms with Gasteiger partial charge in [-0.3, -0.25) is 4.79 Å². The van der Waals surface area contributed by atoms with Crippen molar-refractivity contribution in [2.24, 2.45) is 0 Å². The van der Waals surface area contributed by atoms with Gasteiger partial charge in [-0.2, -0.15) is 8.78 Å². The number of carbonyl (C=O) groups excluding carboxylic acids is 1. The molecule has 1 aliphatic heterocycles. The summed E-state index contributed by atoms with van der Waals surface area (Å²) < 4.78 is 71.7. The highest BCUT2D eigenvalue weighted by Gasteiger charge is 2.33. The lowest BCUT2D eigenvalue weighted by Gasteiger charge is -2.35. The molecule has 1 aromatic heterocycles. The van der Waals surface area contributed by atoms with Crippen LogP contribution in [0.4, 0.5) is 13.2 Å². The predicted octanol–water partition coefficient (Wildman–Crippen LogP) is 4.80. The molecule has 1 aliphatic rings. The molecule has 0 spiro atoms. The number of para-hydroxylation sites is 1. The summed E-state index contributed by atoms with van der Waals surface area (Å²) in [7, 11) is -3.42. The number of alkyl halides is 2. The average molecular weight is 530 g/mol. The molecule has 0 fully saturated rings. The minimum Gasteiger partial charge on any atom is -0.434 e. The van der Waals surface area contributed by atoms with Gasteiger partial charge in [-0.05, 0) is 29.8 Å². The Labute approximate surface area is 211 Å². The van der Waals surface area contributed by atoms with Gasteiger partial charge in [-0.25, -0.2) is 17.8 Å². The largest absolute Gasteiger partial charge is 0.434 e. The average Bonchev–Trinajstić information content (AvgIpc) is 3.19. The first kappa shape index (κ1) is 24.8. The zero-order valence-corrected chi connectivity index (χ0v) is 20.7. The Bertz CT molecular complexity index is 1620. The molecule has 1 unspecified atom stereocenters. The molecule has 0 saturated carbocycles. The van der Waals surface area contributed by atoms with Gasteiger partial charge in [0.1, 0.15) is 17.4 Å². The minimum absolute atomic E-state index is 0.0283. The molecule has 2 heterocycles. The molecule has 1 atom stereocenters. The maximum Gasteiger partial charge on any atom is 0.387 e. The number of benzene rings is 3. The SMILES string of the molecule is CC(=O)N1Cc2nc3cc(F)c(-c4ccc(S(C)(=O)=O)cc4)cc3n2C(c2ccccc2OC(F)F)C1. The number of aromatic nitrogens is 2. The van der Waals surface area contributed by atoms with Crippen LogP contribution in [0.25, 0.3) is 22.2 Å². The van der Waals surface area contributed by atoms with Crippen LogP contribution in [0, 0.1) is 5.82 Å². The van der Waals surface area contributed by atoms with E-state index in [9.17, 15) is 22.0 Å². The molecule has 0 bridgehead atoms.